The fraction of sp³-hybridized carbons (Fsp3) is 0.520. The minimum atomic E-state index is -1.09. The minimum absolute atomic E-state index is 0.0619. The number of aryl methyl sites for hydroxylation is 1. The molecule has 1 amide bonds. The summed E-state index contributed by atoms with van der Waals surface area (Å²) in [5, 5.41) is 20.1. The molecule has 0 aromatic carbocycles. The van der Waals surface area contributed by atoms with E-state index in [1.54, 1.807) is 22.1 Å². The highest BCUT2D eigenvalue weighted by Crippen LogP contribution is 2.44. The van der Waals surface area contributed by atoms with Crippen LogP contribution >= 0.6 is 11.3 Å². The number of amides is 1. The second kappa shape index (κ2) is 10.7. The first-order chi connectivity index (χ1) is 17.1. The van der Waals surface area contributed by atoms with Crippen LogP contribution in [0.15, 0.2) is 40.5 Å². The van der Waals surface area contributed by atoms with Crippen LogP contribution in [0.25, 0.3) is 0 Å². The Balaban J connectivity index is 1.13. The molecule has 1 atom stereocenters. The van der Waals surface area contributed by atoms with Crippen molar-refractivity contribution in [2.24, 2.45) is 5.92 Å². The van der Waals surface area contributed by atoms with Gasteiger partial charge in [0.2, 0.25) is 11.7 Å². The fourth-order valence-electron chi connectivity index (χ4n) is 4.93. The number of unbranched alkanes of at least 4 members (excludes halogenated alkanes) is 1. The number of carboxylic acid groups (broad SMARTS) is 1. The highest BCUT2D eigenvalue weighted by Gasteiger charge is 2.39. The number of furan rings is 1. The van der Waals surface area contributed by atoms with Crippen LogP contribution in [-0.2, 0) is 17.8 Å². The van der Waals surface area contributed by atoms with E-state index in [0.717, 1.165) is 51.1 Å². The minimum Gasteiger partial charge on any atom is -0.475 e. The molecule has 186 valence electrons. The maximum atomic E-state index is 12.7. The number of thiophene rings is 1. The molecule has 4 heterocycles. The van der Waals surface area contributed by atoms with Gasteiger partial charge in [-0.05, 0) is 55.5 Å². The van der Waals surface area contributed by atoms with E-state index in [9.17, 15) is 14.7 Å². The first-order valence-corrected chi connectivity index (χ1v) is 13.2. The van der Waals surface area contributed by atoms with E-state index in [-0.39, 0.29) is 17.7 Å². The fourth-order valence-corrected chi connectivity index (χ4v) is 5.68. The van der Waals surface area contributed by atoms with E-state index in [0.29, 0.717) is 24.4 Å². The Morgan fingerprint density at radius 3 is 2.71 bits per heavy atom. The van der Waals surface area contributed by atoms with Crippen LogP contribution in [0.2, 0.25) is 0 Å². The predicted molar refractivity (Wildman–Crippen MR) is 130 cm³/mol. The number of carbonyl (C=O) groups is 2. The molecule has 2 fully saturated rings. The summed E-state index contributed by atoms with van der Waals surface area (Å²) in [5.74, 6) is -0.327. The molecule has 0 spiro atoms. The van der Waals surface area contributed by atoms with Crippen molar-refractivity contribution in [2.75, 3.05) is 26.2 Å². The third-order valence-corrected chi connectivity index (χ3v) is 7.84. The molecule has 1 N–H and O–H groups in total. The zero-order chi connectivity index (χ0) is 24.2. The number of hydrogen-bond acceptors (Lipinski definition) is 7. The van der Waals surface area contributed by atoms with Gasteiger partial charge in [-0.3, -0.25) is 9.69 Å². The van der Waals surface area contributed by atoms with Gasteiger partial charge in [-0.2, -0.15) is 0 Å². The van der Waals surface area contributed by atoms with E-state index in [4.69, 9.17) is 4.42 Å². The molecule has 3 aromatic heterocycles. The Hall–Kier alpha value is -2.98. The summed E-state index contributed by atoms with van der Waals surface area (Å²) in [6.07, 6.45) is 9.32. The Kier molecular flexibility index (Phi) is 7.29. The molecule has 9 nitrogen and oxygen atoms in total. The number of rotatable bonds is 11. The van der Waals surface area contributed by atoms with Crippen molar-refractivity contribution in [1.82, 2.24) is 24.8 Å². The van der Waals surface area contributed by atoms with E-state index in [1.807, 2.05) is 11.1 Å². The molecular formula is C25H31N5O4S. The molecule has 1 saturated heterocycles. The van der Waals surface area contributed by atoms with Gasteiger partial charge in [-0.1, -0.05) is 11.3 Å². The lowest BCUT2D eigenvalue weighted by Crippen LogP contribution is -2.50. The average Bonchev–Trinajstić information content (AvgIpc) is 3.22. The third-order valence-electron chi connectivity index (χ3n) is 6.91. The highest BCUT2D eigenvalue weighted by molar-refractivity contribution is 7.09. The topological polar surface area (TPSA) is 105 Å². The van der Waals surface area contributed by atoms with Gasteiger partial charge in [-0.25, -0.2) is 9.48 Å². The summed E-state index contributed by atoms with van der Waals surface area (Å²) < 4.78 is 6.75. The van der Waals surface area contributed by atoms with Gasteiger partial charge in [0.05, 0.1) is 25.0 Å². The zero-order valence-electron chi connectivity index (χ0n) is 19.7. The number of aromatic nitrogens is 3. The Morgan fingerprint density at radius 1 is 1.17 bits per heavy atom. The summed E-state index contributed by atoms with van der Waals surface area (Å²) in [6.45, 7) is 3.47. The van der Waals surface area contributed by atoms with Gasteiger partial charge in [0.1, 0.15) is 5.69 Å². The standard InChI is InChI=1S/C25H31N5O4S/c31-22(6-2-1-4-20-5-3-15-35-20)28-10-12-29(13-11-28)23(18-7-8-18)21-17-30(27-26-21)16-19-9-14-34-24(19)25(32)33/h3,5,9,14-15,17-18,23H,1-2,4,6-8,10-13,16H2,(H,32,33). The molecular weight excluding hydrogens is 466 g/mol. The summed E-state index contributed by atoms with van der Waals surface area (Å²) >= 11 is 1.78. The molecule has 3 aromatic rings. The molecule has 0 bridgehead atoms. The van der Waals surface area contributed by atoms with Gasteiger partial charge < -0.3 is 14.4 Å². The largest absolute Gasteiger partial charge is 0.475 e. The van der Waals surface area contributed by atoms with Crippen LogP contribution in [0.4, 0.5) is 0 Å². The molecule has 2 aliphatic rings. The molecule has 1 unspecified atom stereocenters. The van der Waals surface area contributed by atoms with Crippen molar-refractivity contribution in [3.05, 3.63) is 57.9 Å². The van der Waals surface area contributed by atoms with Crippen molar-refractivity contribution in [2.45, 2.75) is 51.1 Å². The molecule has 5 rings (SSSR count). The van der Waals surface area contributed by atoms with E-state index in [2.05, 4.69) is 32.7 Å². The van der Waals surface area contributed by atoms with Crippen LogP contribution < -0.4 is 0 Å². The van der Waals surface area contributed by atoms with Crippen LogP contribution in [-0.4, -0.2) is 68.0 Å². The maximum absolute atomic E-state index is 12.7. The average molecular weight is 498 g/mol. The molecule has 0 radical (unpaired) electrons. The first-order valence-electron chi connectivity index (χ1n) is 12.3. The van der Waals surface area contributed by atoms with E-state index < -0.39 is 5.97 Å². The number of piperazine rings is 1. The van der Waals surface area contributed by atoms with Gasteiger partial charge in [0.15, 0.2) is 0 Å². The normalized spacial score (nSPS) is 17.5. The molecule has 1 aliphatic carbocycles. The van der Waals surface area contributed by atoms with Crippen molar-refractivity contribution < 1.29 is 19.1 Å². The van der Waals surface area contributed by atoms with Crippen LogP contribution in [0, 0.1) is 5.92 Å². The lowest BCUT2D eigenvalue weighted by Gasteiger charge is -2.39. The third kappa shape index (κ3) is 5.82. The van der Waals surface area contributed by atoms with E-state index in [1.165, 1.54) is 24.0 Å². The molecule has 1 saturated carbocycles. The maximum Gasteiger partial charge on any atom is 0.372 e. The van der Waals surface area contributed by atoms with Crippen molar-refractivity contribution in [3.8, 4) is 0 Å². The lowest BCUT2D eigenvalue weighted by atomic mass is 10.1. The summed E-state index contributed by atoms with van der Waals surface area (Å²) in [6, 6.07) is 6.08. The van der Waals surface area contributed by atoms with Crippen LogP contribution in [0.3, 0.4) is 0 Å². The quantitative estimate of drug-likeness (QED) is 0.403. The monoisotopic (exact) mass is 497 g/mol. The number of nitrogens with zero attached hydrogens (tertiary/aromatic N) is 5. The SMILES string of the molecule is O=C(O)c1occc1Cn1cc(C(C2CC2)N2CCN(C(=O)CCCCc3cccs3)CC2)nn1. The second-order valence-corrected chi connectivity index (χ2v) is 10.4. The Labute approximate surface area is 208 Å². The summed E-state index contributed by atoms with van der Waals surface area (Å²) in [5.41, 5.74) is 1.49. The number of aromatic carboxylic acids is 1. The lowest BCUT2D eigenvalue weighted by molar-refractivity contribution is -0.133. The van der Waals surface area contributed by atoms with Crippen LogP contribution in [0.5, 0.6) is 0 Å². The second-order valence-electron chi connectivity index (χ2n) is 9.41. The van der Waals surface area contributed by atoms with E-state index >= 15 is 0 Å². The van der Waals surface area contributed by atoms with Gasteiger partial charge in [0, 0.05) is 43.0 Å². The number of carboxylic acids is 1. The Bertz CT molecular complexity index is 1130. The molecule has 35 heavy (non-hydrogen) atoms. The summed E-state index contributed by atoms with van der Waals surface area (Å²) in [4.78, 5) is 29.9. The van der Waals surface area contributed by atoms with Crippen molar-refractivity contribution >= 4 is 23.2 Å². The van der Waals surface area contributed by atoms with Crippen molar-refractivity contribution in [3.63, 3.8) is 0 Å². The van der Waals surface area contributed by atoms with Crippen LogP contribution in [0.1, 0.15) is 64.8 Å². The number of hydrogen-bond donors (Lipinski definition) is 1. The smallest absolute Gasteiger partial charge is 0.372 e. The van der Waals surface area contributed by atoms with Gasteiger partial charge in [-0.15, -0.1) is 16.4 Å². The van der Waals surface area contributed by atoms with Crippen molar-refractivity contribution in [1.29, 1.82) is 0 Å². The number of carbonyl (C=O) groups excluding carboxylic acids is 1. The molecule has 1 aliphatic heterocycles. The highest BCUT2D eigenvalue weighted by atomic mass is 32.1. The first kappa shape index (κ1) is 23.7. The molecule has 10 heteroatoms. The predicted octanol–water partition coefficient (Wildman–Crippen LogP) is 3.69. The van der Waals surface area contributed by atoms with Gasteiger partial charge in [0.25, 0.3) is 0 Å². The van der Waals surface area contributed by atoms with Gasteiger partial charge >= 0.3 is 5.97 Å². The zero-order valence-corrected chi connectivity index (χ0v) is 20.5. The Morgan fingerprint density at radius 2 is 2.00 bits per heavy atom. The summed E-state index contributed by atoms with van der Waals surface area (Å²) in [7, 11) is 0.